The van der Waals surface area contributed by atoms with Gasteiger partial charge >= 0.3 is 0 Å². The van der Waals surface area contributed by atoms with Crippen LogP contribution in [0.1, 0.15) is 24.2 Å². The predicted octanol–water partition coefficient (Wildman–Crippen LogP) is 2.85. The van der Waals surface area contributed by atoms with Gasteiger partial charge in [-0.3, -0.25) is 4.79 Å². The van der Waals surface area contributed by atoms with E-state index >= 15 is 0 Å². The molecule has 7 heteroatoms. The number of benzene rings is 1. The second-order valence-corrected chi connectivity index (χ2v) is 7.15. The van der Waals surface area contributed by atoms with Gasteiger partial charge in [-0.05, 0) is 24.1 Å². The van der Waals surface area contributed by atoms with Gasteiger partial charge in [0.05, 0.1) is 10.4 Å². The Morgan fingerprint density at radius 1 is 1.42 bits per heavy atom. The van der Waals surface area contributed by atoms with Crippen molar-refractivity contribution in [3.8, 4) is 0 Å². The average molecular weight is 369 g/mol. The first-order chi connectivity index (χ1) is 8.77. The monoisotopic (exact) mass is 367 g/mol. The lowest BCUT2D eigenvalue weighted by Gasteiger charge is -2.11. The Labute approximate surface area is 126 Å². The van der Waals surface area contributed by atoms with Crippen LogP contribution in [-0.2, 0) is 10.0 Å². The smallest absolute Gasteiger partial charge is 0.242 e. The molecule has 106 valence electrons. The van der Waals surface area contributed by atoms with Crippen molar-refractivity contribution < 1.29 is 13.2 Å². The molecule has 0 fully saturated rings. The number of hydrogen-bond acceptors (Lipinski definition) is 3. The van der Waals surface area contributed by atoms with Crippen LogP contribution in [0.15, 0.2) is 23.1 Å². The molecule has 1 aromatic rings. The molecule has 0 radical (unpaired) electrons. The number of Topliss-reactive ketones (excluding diaryl/α,β-unsaturated/α-hetero) is 1. The minimum Gasteiger partial charge on any atom is -0.293 e. The number of hydrogen-bond donors (Lipinski definition) is 1. The molecule has 4 nitrogen and oxygen atoms in total. The highest BCUT2D eigenvalue weighted by Crippen LogP contribution is 2.23. The van der Waals surface area contributed by atoms with E-state index in [-0.39, 0.29) is 26.9 Å². The number of alkyl halides is 1. The van der Waals surface area contributed by atoms with E-state index in [1.807, 2.05) is 13.8 Å². The molecule has 0 aliphatic carbocycles. The highest BCUT2D eigenvalue weighted by atomic mass is 79.9. The molecule has 0 aliphatic heterocycles. The third-order valence-corrected chi connectivity index (χ3v) is 4.76. The molecule has 1 rings (SSSR count). The van der Waals surface area contributed by atoms with E-state index in [1.54, 1.807) is 0 Å². The number of rotatable bonds is 6. The summed E-state index contributed by atoms with van der Waals surface area (Å²) in [5.41, 5.74) is 0.311. The van der Waals surface area contributed by atoms with Crippen LogP contribution in [0.4, 0.5) is 0 Å². The molecule has 0 unspecified atom stereocenters. The summed E-state index contributed by atoms with van der Waals surface area (Å²) in [7, 11) is -3.70. The van der Waals surface area contributed by atoms with Crippen LogP contribution in [0.2, 0.25) is 5.02 Å². The van der Waals surface area contributed by atoms with Crippen molar-refractivity contribution in [1.29, 1.82) is 0 Å². The summed E-state index contributed by atoms with van der Waals surface area (Å²) in [5, 5.41) is 0.232. The van der Waals surface area contributed by atoms with Crippen LogP contribution in [0.3, 0.4) is 0 Å². The van der Waals surface area contributed by atoms with Gasteiger partial charge in [-0.15, -0.1) is 0 Å². The van der Waals surface area contributed by atoms with Crippen molar-refractivity contribution in [2.24, 2.45) is 5.92 Å². The van der Waals surface area contributed by atoms with Crippen LogP contribution >= 0.6 is 27.5 Å². The van der Waals surface area contributed by atoms with Crippen molar-refractivity contribution in [3.05, 3.63) is 28.8 Å². The van der Waals surface area contributed by atoms with Gasteiger partial charge in [-0.25, -0.2) is 13.1 Å². The molecule has 1 aromatic carbocycles. The summed E-state index contributed by atoms with van der Waals surface area (Å²) >= 11 is 8.95. The van der Waals surface area contributed by atoms with E-state index in [9.17, 15) is 13.2 Å². The number of halogens is 2. The summed E-state index contributed by atoms with van der Waals surface area (Å²) in [6, 6.07) is 4.23. The summed E-state index contributed by atoms with van der Waals surface area (Å²) in [5.74, 6) is -0.0158. The molecule has 0 heterocycles. The van der Waals surface area contributed by atoms with Gasteiger partial charge < -0.3 is 0 Å². The van der Waals surface area contributed by atoms with Crippen molar-refractivity contribution >= 4 is 43.3 Å². The first-order valence-electron chi connectivity index (χ1n) is 5.66. The Bertz CT molecular complexity index is 572. The minimum absolute atomic E-state index is 0.0679. The maximum Gasteiger partial charge on any atom is 0.242 e. The van der Waals surface area contributed by atoms with Gasteiger partial charge in [0.1, 0.15) is 4.90 Å². The highest BCUT2D eigenvalue weighted by molar-refractivity contribution is 9.09. The quantitative estimate of drug-likeness (QED) is 0.620. The fourth-order valence-corrected chi connectivity index (χ4v) is 3.38. The molecule has 0 spiro atoms. The van der Waals surface area contributed by atoms with Crippen LogP contribution in [0.5, 0.6) is 0 Å². The fourth-order valence-electron chi connectivity index (χ4n) is 1.31. The SMILES string of the molecule is CC(C)CNS(=O)(=O)c1cc(C(=O)CBr)ccc1Cl. The Morgan fingerprint density at radius 3 is 2.58 bits per heavy atom. The summed E-state index contributed by atoms with van der Waals surface area (Å²) < 4.78 is 26.7. The zero-order valence-electron chi connectivity index (χ0n) is 10.6. The second-order valence-electron chi connectivity index (χ2n) is 4.45. The van der Waals surface area contributed by atoms with Gasteiger partial charge in [0.2, 0.25) is 10.0 Å². The Kier molecular flexibility index (Phi) is 5.98. The summed E-state index contributed by atoms with van der Waals surface area (Å²) in [6.07, 6.45) is 0. The molecule has 19 heavy (non-hydrogen) atoms. The van der Waals surface area contributed by atoms with Crippen molar-refractivity contribution in [2.45, 2.75) is 18.7 Å². The van der Waals surface area contributed by atoms with Crippen LogP contribution in [0.25, 0.3) is 0 Å². The second kappa shape index (κ2) is 6.83. The standard InChI is InChI=1S/C12H15BrClNO3S/c1-8(2)7-15-19(17,18)12-5-9(11(16)6-13)3-4-10(12)14/h3-5,8,15H,6-7H2,1-2H3. The molecule has 0 aromatic heterocycles. The number of carbonyl (C=O) groups excluding carboxylic acids is 1. The van der Waals surface area contributed by atoms with Gasteiger partial charge in [0.25, 0.3) is 0 Å². The van der Waals surface area contributed by atoms with E-state index < -0.39 is 10.0 Å². The number of sulfonamides is 1. The summed E-state index contributed by atoms with van der Waals surface area (Å²) in [6.45, 7) is 4.11. The average Bonchev–Trinajstić information content (AvgIpc) is 2.36. The molecule has 0 atom stereocenters. The largest absolute Gasteiger partial charge is 0.293 e. The highest BCUT2D eigenvalue weighted by Gasteiger charge is 2.19. The third kappa shape index (κ3) is 4.56. The maximum atomic E-state index is 12.1. The zero-order valence-corrected chi connectivity index (χ0v) is 13.8. The molecule has 0 saturated heterocycles. The lowest BCUT2D eigenvalue weighted by molar-refractivity contribution is 0.102. The molecule has 0 bridgehead atoms. The molecular weight excluding hydrogens is 354 g/mol. The first-order valence-corrected chi connectivity index (χ1v) is 8.64. The van der Waals surface area contributed by atoms with Crippen molar-refractivity contribution in [3.63, 3.8) is 0 Å². The topological polar surface area (TPSA) is 63.2 Å². The Morgan fingerprint density at radius 2 is 2.05 bits per heavy atom. The molecule has 0 saturated carbocycles. The van der Waals surface area contributed by atoms with Crippen molar-refractivity contribution in [1.82, 2.24) is 4.72 Å². The number of carbonyl (C=O) groups is 1. The van der Waals surface area contributed by atoms with E-state index in [2.05, 4.69) is 20.7 Å². The normalized spacial score (nSPS) is 11.8. The lowest BCUT2D eigenvalue weighted by Crippen LogP contribution is -2.28. The van der Waals surface area contributed by atoms with E-state index in [0.717, 1.165) is 0 Å². The van der Waals surface area contributed by atoms with Gasteiger partial charge in [-0.2, -0.15) is 0 Å². The van der Waals surface area contributed by atoms with E-state index in [4.69, 9.17) is 11.6 Å². The molecule has 1 N–H and O–H groups in total. The van der Waals surface area contributed by atoms with Crippen molar-refractivity contribution in [2.75, 3.05) is 11.9 Å². The Hall–Kier alpha value is -0.430. The molecule has 0 amide bonds. The van der Waals surface area contributed by atoms with E-state index in [1.165, 1.54) is 18.2 Å². The Balaban J connectivity index is 3.15. The van der Waals surface area contributed by atoms with E-state index in [0.29, 0.717) is 12.1 Å². The van der Waals surface area contributed by atoms with Crippen LogP contribution < -0.4 is 4.72 Å². The van der Waals surface area contributed by atoms with Gasteiger partial charge in [-0.1, -0.05) is 41.4 Å². The number of nitrogens with one attached hydrogen (secondary N) is 1. The molecule has 0 aliphatic rings. The van der Waals surface area contributed by atoms with Crippen LogP contribution in [0, 0.1) is 5.92 Å². The predicted molar refractivity (Wildman–Crippen MR) is 79.6 cm³/mol. The van der Waals surface area contributed by atoms with Gasteiger partial charge in [0.15, 0.2) is 5.78 Å². The lowest BCUT2D eigenvalue weighted by atomic mass is 10.1. The van der Waals surface area contributed by atoms with Gasteiger partial charge in [0, 0.05) is 12.1 Å². The molecular formula is C12H15BrClNO3S. The minimum atomic E-state index is -3.70. The maximum absolute atomic E-state index is 12.1. The summed E-state index contributed by atoms with van der Waals surface area (Å²) in [4.78, 5) is 11.5. The van der Waals surface area contributed by atoms with Crippen LogP contribution in [-0.4, -0.2) is 26.1 Å². The zero-order chi connectivity index (χ0) is 14.6. The fraction of sp³-hybridized carbons (Fsp3) is 0.417. The number of ketones is 1. The first kappa shape index (κ1) is 16.6. The third-order valence-electron chi connectivity index (χ3n) is 2.35.